The number of hydrogen-bond donors (Lipinski definition) is 0. The number of aromatic nitrogens is 1. The van der Waals surface area contributed by atoms with Gasteiger partial charge in [-0.1, -0.05) is 29.8 Å². The minimum Gasteiger partial charge on any atom is -0.303 e. The molecule has 0 spiro atoms. The Morgan fingerprint density at radius 2 is 2.12 bits per heavy atom. The zero-order chi connectivity index (χ0) is 16.9. The Hall–Kier alpha value is -1.42. The normalized spacial score (nSPS) is 20.7. The van der Waals surface area contributed by atoms with E-state index in [1.807, 2.05) is 30.5 Å². The van der Waals surface area contributed by atoms with E-state index in [0.717, 1.165) is 49.2 Å². The van der Waals surface area contributed by atoms with Crippen molar-refractivity contribution in [2.24, 2.45) is 5.92 Å². The second-order valence-electron chi connectivity index (χ2n) is 6.59. The van der Waals surface area contributed by atoms with Crippen molar-refractivity contribution in [3.05, 3.63) is 64.4 Å². The summed E-state index contributed by atoms with van der Waals surface area (Å²) in [5.74, 6) is 0.147. The number of aldehydes is 1. The van der Waals surface area contributed by atoms with E-state index in [1.54, 1.807) is 0 Å². The van der Waals surface area contributed by atoms with E-state index < -0.39 is 0 Å². The maximum atomic E-state index is 11.2. The Morgan fingerprint density at radius 3 is 2.88 bits per heavy atom. The van der Waals surface area contributed by atoms with E-state index in [9.17, 15) is 4.79 Å². The fourth-order valence-corrected chi connectivity index (χ4v) is 3.70. The van der Waals surface area contributed by atoms with Crippen molar-refractivity contribution in [1.29, 1.82) is 0 Å². The Bertz CT molecular complexity index is 708. The molecule has 0 bridgehead atoms. The van der Waals surface area contributed by atoms with Crippen molar-refractivity contribution in [2.75, 3.05) is 13.6 Å². The third-order valence-electron chi connectivity index (χ3n) is 4.92. The molecule has 3 nitrogen and oxygen atoms in total. The number of carbonyl (C=O) groups excluding carboxylic acids is 1. The molecule has 1 aliphatic heterocycles. The molecule has 1 fully saturated rings. The Morgan fingerprint density at radius 1 is 1.28 bits per heavy atom. The first-order chi connectivity index (χ1) is 11.7. The van der Waals surface area contributed by atoms with Gasteiger partial charge in [0.2, 0.25) is 0 Å². The fourth-order valence-electron chi connectivity index (χ4n) is 3.49. The number of nitrogens with zero attached hydrogens (tertiary/aromatic N) is 2. The van der Waals surface area contributed by atoms with Gasteiger partial charge in [0.1, 0.15) is 6.29 Å². The van der Waals surface area contributed by atoms with E-state index in [1.165, 1.54) is 11.1 Å². The smallest absolute Gasteiger partial charge is 0.123 e. The van der Waals surface area contributed by atoms with E-state index in [2.05, 4.69) is 29.1 Å². The molecule has 2 aromatic rings. The van der Waals surface area contributed by atoms with Gasteiger partial charge >= 0.3 is 0 Å². The predicted molar refractivity (Wildman–Crippen MR) is 105 cm³/mol. The molecular weight excluding hydrogens is 355 g/mol. The summed E-state index contributed by atoms with van der Waals surface area (Å²) in [5, 5.41) is 0.778. The van der Waals surface area contributed by atoms with Crippen molar-refractivity contribution >= 4 is 30.3 Å². The molecule has 2 unspecified atom stereocenters. The van der Waals surface area contributed by atoms with Gasteiger partial charge in [-0.25, -0.2) is 0 Å². The number of likely N-dealkylation sites (tertiary alicyclic amines) is 1. The number of hydrogen-bond acceptors (Lipinski definition) is 3. The number of benzene rings is 1. The third-order valence-corrected chi connectivity index (χ3v) is 5.15. The minimum absolute atomic E-state index is 0. The second kappa shape index (κ2) is 9.33. The SMILES string of the molecule is CN1CCC(C=O)CC1c1ncccc1CCc1cccc(Cl)c1.Cl. The molecule has 134 valence electrons. The number of pyridine rings is 1. The van der Waals surface area contributed by atoms with Crippen LogP contribution in [0, 0.1) is 5.92 Å². The van der Waals surface area contributed by atoms with E-state index >= 15 is 0 Å². The van der Waals surface area contributed by atoms with Gasteiger partial charge in [-0.2, -0.15) is 0 Å². The van der Waals surface area contributed by atoms with Crippen LogP contribution >= 0.6 is 24.0 Å². The third kappa shape index (κ3) is 5.04. The van der Waals surface area contributed by atoms with Gasteiger partial charge in [-0.3, -0.25) is 9.88 Å². The van der Waals surface area contributed by atoms with Crippen LogP contribution in [0.15, 0.2) is 42.6 Å². The van der Waals surface area contributed by atoms with Crippen LogP contribution in [-0.2, 0) is 17.6 Å². The van der Waals surface area contributed by atoms with Crippen LogP contribution in [0.3, 0.4) is 0 Å². The summed E-state index contributed by atoms with van der Waals surface area (Å²) in [5.41, 5.74) is 3.62. The predicted octanol–water partition coefficient (Wildman–Crippen LogP) is 4.52. The van der Waals surface area contributed by atoms with Gasteiger partial charge in [0.25, 0.3) is 0 Å². The van der Waals surface area contributed by atoms with E-state index in [-0.39, 0.29) is 24.4 Å². The van der Waals surface area contributed by atoms with Crippen LogP contribution in [-0.4, -0.2) is 29.8 Å². The lowest BCUT2D eigenvalue weighted by molar-refractivity contribution is -0.112. The average molecular weight is 379 g/mol. The minimum atomic E-state index is 0. The Balaban J connectivity index is 0.00000225. The topological polar surface area (TPSA) is 33.2 Å². The quantitative estimate of drug-likeness (QED) is 0.716. The molecule has 0 saturated carbocycles. The molecule has 0 amide bonds. The maximum absolute atomic E-state index is 11.2. The second-order valence-corrected chi connectivity index (χ2v) is 7.03. The molecule has 1 saturated heterocycles. The van der Waals surface area contributed by atoms with Crippen LogP contribution < -0.4 is 0 Å². The molecule has 0 aliphatic carbocycles. The van der Waals surface area contributed by atoms with Gasteiger partial charge in [-0.05, 0) is 68.6 Å². The summed E-state index contributed by atoms with van der Waals surface area (Å²) >= 11 is 6.08. The first-order valence-corrected chi connectivity index (χ1v) is 8.89. The van der Waals surface area contributed by atoms with Gasteiger partial charge in [-0.15, -0.1) is 12.4 Å². The standard InChI is InChI=1S/C20H23ClN2O.ClH/c1-23-11-9-16(14-24)13-19(23)20-17(5-3-10-22-20)8-7-15-4-2-6-18(21)12-15;/h2-6,10,12,14,16,19H,7-9,11,13H2,1H3;1H. The Kier molecular flexibility index (Phi) is 7.42. The van der Waals surface area contributed by atoms with Gasteiger partial charge in [0.05, 0.1) is 11.7 Å². The van der Waals surface area contributed by atoms with Crippen molar-refractivity contribution < 1.29 is 4.79 Å². The lowest BCUT2D eigenvalue weighted by Crippen LogP contribution is -2.35. The molecule has 1 aromatic carbocycles. The van der Waals surface area contributed by atoms with Crippen LogP contribution in [0.2, 0.25) is 5.02 Å². The number of carbonyl (C=O) groups is 1. The van der Waals surface area contributed by atoms with Gasteiger partial charge in [0.15, 0.2) is 0 Å². The molecule has 2 atom stereocenters. The average Bonchev–Trinajstić information content (AvgIpc) is 2.61. The van der Waals surface area contributed by atoms with E-state index in [0.29, 0.717) is 0 Å². The molecule has 3 rings (SSSR count). The fraction of sp³-hybridized carbons (Fsp3) is 0.400. The van der Waals surface area contributed by atoms with Crippen molar-refractivity contribution in [3.8, 4) is 0 Å². The molecule has 2 heterocycles. The molecule has 25 heavy (non-hydrogen) atoms. The lowest BCUT2D eigenvalue weighted by atomic mass is 9.88. The highest BCUT2D eigenvalue weighted by atomic mass is 35.5. The van der Waals surface area contributed by atoms with E-state index in [4.69, 9.17) is 11.6 Å². The van der Waals surface area contributed by atoms with Crippen LogP contribution in [0.5, 0.6) is 0 Å². The van der Waals surface area contributed by atoms with Crippen LogP contribution in [0.25, 0.3) is 0 Å². The van der Waals surface area contributed by atoms with Crippen LogP contribution in [0.4, 0.5) is 0 Å². The zero-order valence-corrected chi connectivity index (χ0v) is 16.0. The number of rotatable bonds is 5. The highest BCUT2D eigenvalue weighted by Crippen LogP contribution is 2.33. The molecule has 1 aromatic heterocycles. The summed E-state index contributed by atoms with van der Waals surface area (Å²) < 4.78 is 0. The first kappa shape index (κ1) is 19.9. The van der Waals surface area contributed by atoms with Crippen molar-refractivity contribution in [1.82, 2.24) is 9.88 Å². The summed E-state index contributed by atoms with van der Waals surface area (Å²) in [6, 6.07) is 12.4. The monoisotopic (exact) mass is 378 g/mol. The lowest BCUT2D eigenvalue weighted by Gasteiger charge is -2.35. The number of aryl methyl sites for hydroxylation is 2. The largest absolute Gasteiger partial charge is 0.303 e. The highest BCUT2D eigenvalue weighted by Gasteiger charge is 2.29. The maximum Gasteiger partial charge on any atom is 0.123 e. The summed E-state index contributed by atoms with van der Waals surface area (Å²) in [6.45, 7) is 0.943. The van der Waals surface area contributed by atoms with Gasteiger partial charge in [0, 0.05) is 17.1 Å². The number of halogens is 2. The van der Waals surface area contributed by atoms with Crippen molar-refractivity contribution in [3.63, 3.8) is 0 Å². The summed E-state index contributed by atoms with van der Waals surface area (Å²) in [4.78, 5) is 18.2. The molecule has 5 heteroatoms. The first-order valence-electron chi connectivity index (χ1n) is 8.51. The summed E-state index contributed by atoms with van der Waals surface area (Å²) in [7, 11) is 2.13. The zero-order valence-electron chi connectivity index (χ0n) is 14.4. The molecular formula is C20H24Cl2N2O. The molecule has 0 radical (unpaired) electrons. The molecule has 1 aliphatic rings. The van der Waals surface area contributed by atoms with Crippen molar-refractivity contribution in [2.45, 2.75) is 31.7 Å². The number of piperidine rings is 1. The Labute approximate surface area is 160 Å². The van der Waals surface area contributed by atoms with Gasteiger partial charge < -0.3 is 4.79 Å². The highest BCUT2D eigenvalue weighted by molar-refractivity contribution is 6.30. The summed E-state index contributed by atoms with van der Waals surface area (Å²) in [6.07, 6.45) is 6.64. The molecule has 0 N–H and O–H groups in total. The van der Waals surface area contributed by atoms with Crippen LogP contribution in [0.1, 0.15) is 35.7 Å².